The van der Waals surface area contributed by atoms with E-state index >= 15 is 0 Å². The Labute approximate surface area is 113 Å². The van der Waals surface area contributed by atoms with Gasteiger partial charge in [-0.05, 0) is 42.0 Å². The smallest absolute Gasteiger partial charge is 0.140 e. The molecule has 2 nitrogen and oxygen atoms in total. The normalized spacial score (nSPS) is 17.2. The molecule has 1 saturated carbocycles. The highest BCUT2D eigenvalue weighted by Gasteiger charge is 2.17. The molecule has 0 unspecified atom stereocenters. The van der Waals surface area contributed by atoms with Crippen molar-refractivity contribution in [1.82, 2.24) is 0 Å². The zero-order valence-corrected chi connectivity index (χ0v) is 10.9. The van der Waals surface area contributed by atoms with E-state index in [1.807, 2.05) is 12.1 Å². The van der Waals surface area contributed by atoms with Gasteiger partial charge in [0.15, 0.2) is 0 Å². The molecular weight excluding hydrogens is 241 g/mol. The topological polar surface area (TPSA) is 44.0 Å². The van der Waals surface area contributed by atoms with Crippen LogP contribution in [-0.4, -0.2) is 11.7 Å². The maximum Gasteiger partial charge on any atom is 0.140 e. The van der Waals surface area contributed by atoms with E-state index in [0.717, 1.165) is 24.0 Å². The van der Waals surface area contributed by atoms with Gasteiger partial charge in [-0.3, -0.25) is 0 Å². The van der Waals surface area contributed by atoms with Crippen LogP contribution in [0.25, 0.3) is 6.08 Å². The molecule has 100 valence electrons. The second-order valence-corrected chi connectivity index (χ2v) is 5.06. The molecule has 1 aromatic carbocycles. The van der Waals surface area contributed by atoms with Crippen molar-refractivity contribution in [1.29, 1.82) is 5.26 Å². The summed E-state index contributed by atoms with van der Waals surface area (Å²) >= 11 is 0. The fourth-order valence-corrected chi connectivity index (χ4v) is 2.70. The standard InChI is InChI=1S/C16H18FNO/c17-16-7-6-12(8-14(16)10-18)9-15(11-19)13-4-2-1-3-5-13/h6-9,13,19H,1-5,11H2/b15-9-. The molecule has 0 saturated heterocycles. The second kappa shape index (κ2) is 6.49. The van der Waals surface area contributed by atoms with E-state index in [1.165, 1.54) is 31.4 Å². The van der Waals surface area contributed by atoms with Crippen LogP contribution >= 0.6 is 0 Å². The first-order valence-corrected chi connectivity index (χ1v) is 6.75. The van der Waals surface area contributed by atoms with Crippen LogP contribution in [-0.2, 0) is 0 Å². The summed E-state index contributed by atoms with van der Waals surface area (Å²) in [6.45, 7) is 0.0317. The zero-order valence-electron chi connectivity index (χ0n) is 10.9. The van der Waals surface area contributed by atoms with Gasteiger partial charge in [0.25, 0.3) is 0 Å². The molecule has 1 fully saturated rings. The van der Waals surface area contributed by atoms with Gasteiger partial charge in [-0.25, -0.2) is 4.39 Å². The predicted octanol–water partition coefficient (Wildman–Crippen LogP) is 3.65. The summed E-state index contributed by atoms with van der Waals surface area (Å²) in [4.78, 5) is 0. The highest BCUT2D eigenvalue weighted by Crippen LogP contribution is 2.30. The number of aliphatic hydroxyl groups is 1. The second-order valence-electron chi connectivity index (χ2n) is 5.06. The minimum Gasteiger partial charge on any atom is -0.392 e. The zero-order chi connectivity index (χ0) is 13.7. The molecule has 0 heterocycles. The Balaban J connectivity index is 2.24. The lowest BCUT2D eigenvalue weighted by atomic mass is 9.83. The van der Waals surface area contributed by atoms with Crippen LogP contribution in [0, 0.1) is 23.1 Å². The van der Waals surface area contributed by atoms with E-state index in [1.54, 1.807) is 6.07 Å². The fourth-order valence-electron chi connectivity index (χ4n) is 2.70. The summed E-state index contributed by atoms with van der Waals surface area (Å²) in [7, 11) is 0. The molecule has 0 radical (unpaired) electrons. The largest absolute Gasteiger partial charge is 0.392 e. The van der Waals surface area contributed by atoms with Crippen molar-refractivity contribution in [3.63, 3.8) is 0 Å². The lowest BCUT2D eigenvalue weighted by Crippen LogP contribution is -2.11. The van der Waals surface area contributed by atoms with E-state index in [2.05, 4.69) is 0 Å². The van der Waals surface area contributed by atoms with Crippen LogP contribution in [0.3, 0.4) is 0 Å². The van der Waals surface area contributed by atoms with E-state index in [0.29, 0.717) is 5.92 Å². The van der Waals surface area contributed by atoms with Crippen molar-refractivity contribution in [3.05, 3.63) is 40.7 Å². The Morgan fingerprint density at radius 3 is 2.74 bits per heavy atom. The quantitative estimate of drug-likeness (QED) is 0.900. The fraction of sp³-hybridized carbons (Fsp3) is 0.438. The van der Waals surface area contributed by atoms with Crippen molar-refractivity contribution in [2.45, 2.75) is 32.1 Å². The van der Waals surface area contributed by atoms with E-state index in [-0.39, 0.29) is 12.2 Å². The summed E-state index contributed by atoms with van der Waals surface area (Å²) in [5, 5.41) is 18.3. The molecule has 2 rings (SSSR count). The molecule has 0 bridgehead atoms. The van der Waals surface area contributed by atoms with Gasteiger partial charge in [-0.15, -0.1) is 0 Å². The Kier molecular flexibility index (Phi) is 4.70. The van der Waals surface area contributed by atoms with Crippen molar-refractivity contribution in [2.75, 3.05) is 6.61 Å². The molecule has 0 atom stereocenters. The van der Waals surface area contributed by atoms with Crippen molar-refractivity contribution in [2.24, 2.45) is 5.92 Å². The number of hydrogen-bond donors (Lipinski definition) is 1. The highest BCUT2D eigenvalue weighted by molar-refractivity contribution is 5.56. The van der Waals surface area contributed by atoms with Crippen LogP contribution in [0.4, 0.5) is 4.39 Å². The van der Waals surface area contributed by atoms with Crippen LogP contribution < -0.4 is 0 Å². The number of nitriles is 1. The van der Waals surface area contributed by atoms with Gasteiger partial charge in [0.1, 0.15) is 11.9 Å². The Morgan fingerprint density at radius 2 is 2.11 bits per heavy atom. The number of hydrogen-bond acceptors (Lipinski definition) is 2. The SMILES string of the molecule is N#Cc1cc(/C=C(/CO)C2CCCCC2)ccc1F. The first-order valence-electron chi connectivity index (χ1n) is 6.75. The first kappa shape index (κ1) is 13.8. The van der Waals surface area contributed by atoms with Gasteiger partial charge in [0, 0.05) is 0 Å². The molecule has 19 heavy (non-hydrogen) atoms. The third kappa shape index (κ3) is 3.42. The number of nitrogens with zero attached hydrogens (tertiary/aromatic N) is 1. The molecule has 0 amide bonds. The summed E-state index contributed by atoms with van der Waals surface area (Å²) in [6.07, 6.45) is 7.79. The maximum absolute atomic E-state index is 13.3. The van der Waals surface area contributed by atoms with Crippen molar-refractivity contribution >= 4 is 6.08 Å². The summed E-state index contributed by atoms with van der Waals surface area (Å²) in [5.74, 6) is -0.0720. The minimum absolute atomic E-state index is 0.0317. The summed E-state index contributed by atoms with van der Waals surface area (Å²) in [5.41, 5.74) is 1.83. The first-order chi connectivity index (χ1) is 9.24. The van der Waals surface area contributed by atoms with Crippen LogP contribution in [0.15, 0.2) is 23.8 Å². The Morgan fingerprint density at radius 1 is 1.37 bits per heavy atom. The van der Waals surface area contributed by atoms with Gasteiger partial charge in [-0.2, -0.15) is 5.26 Å². The maximum atomic E-state index is 13.3. The molecule has 0 aromatic heterocycles. The Hall–Kier alpha value is -1.66. The number of rotatable bonds is 3. The van der Waals surface area contributed by atoms with Crippen molar-refractivity contribution in [3.8, 4) is 6.07 Å². The van der Waals surface area contributed by atoms with Crippen LogP contribution in [0.1, 0.15) is 43.2 Å². The lowest BCUT2D eigenvalue weighted by molar-refractivity contribution is 0.295. The number of halogens is 1. The third-order valence-corrected chi connectivity index (χ3v) is 3.78. The minimum atomic E-state index is -0.497. The molecule has 1 aliphatic carbocycles. The van der Waals surface area contributed by atoms with Gasteiger partial charge in [0.05, 0.1) is 12.2 Å². The highest BCUT2D eigenvalue weighted by atomic mass is 19.1. The average Bonchev–Trinajstić information content (AvgIpc) is 2.47. The summed E-state index contributed by atoms with van der Waals surface area (Å²) in [6, 6.07) is 6.33. The molecule has 3 heteroatoms. The van der Waals surface area contributed by atoms with E-state index in [4.69, 9.17) is 5.26 Å². The van der Waals surface area contributed by atoms with E-state index < -0.39 is 5.82 Å². The molecule has 0 aliphatic heterocycles. The Bertz CT molecular complexity index is 510. The van der Waals surface area contributed by atoms with Crippen LogP contribution in [0.2, 0.25) is 0 Å². The van der Waals surface area contributed by atoms with Gasteiger partial charge in [-0.1, -0.05) is 31.4 Å². The lowest BCUT2D eigenvalue weighted by Gasteiger charge is -2.23. The molecular formula is C16H18FNO. The van der Waals surface area contributed by atoms with Gasteiger partial charge in [0.2, 0.25) is 0 Å². The average molecular weight is 259 g/mol. The molecule has 1 aliphatic rings. The van der Waals surface area contributed by atoms with Crippen molar-refractivity contribution < 1.29 is 9.50 Å². The van der Waals surface area contributed by atoms with Gasteiger partial charge < -0.3 is 5.11 Å². The molecule has 1 aromatic rings. The van der Waals surface area contributed by atoms with Crippen LogP contribution in [0.5, 0.6) is 0 Å². The third-order valence-electron chi connectivity index (χ3n) is 3.78. The number of aliphatic hydroxyl groups excluding tert-OH is 1. The van der Waals surface area contributed by atoms with E-state index in [9.17, 15) is 9.50 Å². The summed E-state index contributed by atoms with van der Waals surface area (Å²) < 4.78 is 13.3. The predicted molar refractivity (Wildman–Crippen MR) is 72.8 cm³/mol. The molecule has 1 N–H and O–H groups in total. The number of benzene rings is 1. The molecule has 0 spiro atoms. The monoisotopic (exact) mass is 259 g/mol. The van der Waals surface area contributed by atoms with Gasteiger partial charge >= 0.3 is 0 Å².